The fraction of sp³-hybridized carbons (Fsp3) is 0.933. The van der Waals surface area contributed by atoms with Gasteiger partial charge in [-0.1, -0.05) is 26.2 Å². The van der Waals surface area contributed by atoms with E-state index in [4.69, 9.17) is 4.74 Å². The molecule has 0 spiro atoms. The Labute approximate surface area is 121 Å². The molecule has 118 valence electrons. The number of nitrogens with zero attached hydrogens (tertiary/aromatic N) is 1. The van der Waals surface area contributed by atoms with Crippen LogP contribution >= 0.6 is 0 Å². The summed E-state index contributed by atoms with van der Waals surface area (Å²) >= 11 is 0. The Morgan fingerprint density at radius 1 is 1.40 bits per heavy atom. The number of unbranched alkanes of at least 4 members (excludes halogenated alkanes) is 2. The van der Waals surface area contributed by atoms with Crippen LogP contribution in [-0.4, -0.2) is 51.6 Å². The summed E-state index contributed by atoms with van der Waals surface area (Å²) < 4.78 is 5.29. The van der Waals surface area contributed by atoms with Crippen LogP contribution in [0.2, 0.25) is 0 Å². The monoisotopic (exact) mass is 287 g/mol. The van der Waals surface area contributed by atoms with Crippen molar-refractivity contribution in [3.63, 3.8) is 0 Å². The van der Waals surface area contributed by atoms with Gasteiger partial charge in [0, 0.05) is 6.54 Å². The Morgan fingerprint density at radius 2 is 2.05 bits per heavy atom. The zero-order chi connectivity index (χ0) is 15.4. The highest BCUT2D eigenvalue weighted by Gasteiger charge is 2.42. The van der Waals surface area contributed by atoms with E-state index in [-0.39, 0.29) is 6.54 Å². The summed E-state index contributed by atoms with van der Waals surface area (Å²) in [6.07, 6.45) is 2.69. The molecule has 1 aliphatic heterocycles. The average molecular weight is 287 g/mol. The summed E-state index contributed by atoms with van der Waals surface area (Å²) in [4.78, 5) is 13.4. The smallest absolute Gasteiger partial charge is 0.410 e. The van der Waals surface area contributed by atoms with Gasteiger partial charge in [0.25, 0.3) is 0 Å². The third kappa shape index (κ3) is 4.94. The normalized spacial score (nSPS) is 27.5. The zero-order valence-electron chi connectivity index (χ0n) is 13.2. The minimum absolute atomic E-state index is 0.136. The van der Waals surface area contributed by atoms with Crippen molar-refractivity contribution in [2.24, 2.45) is 0 Å². The third-order valence-electron chi connectivity index (χ3n) is 3.69. The molecule has 5 nitrogen and oxygen atoms in total. The zero-order valence-corrected chi connectivity index (χ0v) is 13.2. The van der Waals surface area contributed by atoms with Crippen LogP contribution in [0.15, 0.2) is 0 Å². The highest BCUT2D eigenvalue weighted by atomic mass is 16.6. The number of hydrogen-bond donors (Lipinski definition) is 2. The van der Waals surface area contributed by atoms with Crippen molar-refractivity contribution in [2.75, 3.05) is 13.1 Å². The molecular weight excluding hydrogens is 258 g/mol. The number of rotatable bonds is 4. The van der Waals surface area contributed by atoms with E-state index in [0.29, 0.717) is 19.4 Å². The van der Waals surface area contributed by atoms with E-state index in [0.717, 1.165) is 19.3 Å². The maximum absolute atomic E-state index is 11.9. The lowest BCUT2D eigenvalue weighted by Crippen LogP contribution is -2.57. The largest absolute Gasteiger partial charge is 0.444 e. The summed E-state index contributed by atoms with van der Waals surface area (Å²) in [6.45, 7) is 8.10. The summed E-state index contributed by atoms with van der Waals surface area (Å²) in [7, 11) is 0. The van der Waals surface area contributed by atoms with Gasteiger partial charge in [0.2, 0.25) is 0 Å². The number of amides is 1. The molecule has 0 radical (unpaired) electrons. The van der Waals surface area contributed by atoms with Crippen LogP contribution in [0.25, 0.3) is 0 Å². The predicted octanol–water partition coefficient (Wildman–Crippen LogP) is 2.30. The Bertz CT molecular complexity index is 326. The lowest BCUT2D eigenvalue weighted by Gasteiger charge is -2.42. The first kappa shape index (κ1) is 17.2. The molecule has 1 rings (SSSR count). The van der Waals surface area contributed by atoms with E-state index in [2.05, 4.69) is 6.92 Å². The summed E-state index contributed by atoms with van der Waals surface area (Å²) in [5.41, 5.74) is -1.61. The number of carbonyl (C=O) groups is 1. The van der Waals surface area contributed by atoms with Gasteiger partial charge in [-0.2, -0.15) is 0 Å². The number of likely N-dealkylation sites (tertiary alicyclic amines) is 1. The van der Waals surface area contributed by atoms with Crippen LogP contribution in [-0.2, 0) is 4.74 Å². The molecule has 0 saturated carbocycles. The van der Waals surface area contributed by atoms with Crippen LogP contribution in [0, 0.1) is 0 Å². The predicted molar refractivity (Wildman–Crippen MR) is 77.5 cm³/mol. The van der Waals surface area contributed by atoms with E-state index < -0.39 is 23.4 Å². The highest BCUT2D eigenvalue weighted by molar-refractivity contribution is 5.68. The second-order valence-electron chi connectivity index (χ2n) is 6.75. The topological polar surface area (TPSA) is 70.0 Å². The van der Waals surface area contributed by atoms with Gasteiger partial charge >= 0.3 is 6.09 Å². The van der Waals surface area contributed by atoms with Crippen LogP contribution in [0.1, 0.15) is 59.8 Å². The molecule has 1 heterocycles. The number of aliphatic hydroxyl groups excluding tert-OH is 1. The molecule has 0 aliphatic carbocycles. The molecule has 0 unspecified atom stereocenters. The highest BCUT2D eigenvalue weighted by Crippen LogP contribution is 2.29. The van der Waals surface area contributed by atoms with Crippen LogP contribution in [0.3, 0.4) is 0 Å². The van der Waals surface area contributed by atoms with E-state index in [9.17, 15) is 15.0 Å². The molecule has 2 atom stereocenters. The third-order valence-corrected chi connectivity index (χ3v) is 3.69. The van der Waals surface area contributed by atoms with Crippen molar-refractivity contribution in [2.45, 2.75) is 77.1 Å². The first-order valence-electron chi connectivity index (χ1n) is 7.56. The second kappa shape index (κ2) is 6.76. The maximum atomic E-state index is 11.9. The lowest BCUT2D eigenvalue weighted by molar-refractivity contribution is -0.122. The quantitative estimate of drug-likeness (QED) is 0.778. The van der Waals surface area contributed by atoms with E-state index >= 15 is 0 Å². The molecule has 5 heteroatoms. The molecule has 2 N–H and O–H groups in total. The molecule has 0 bridgehead atoms. The summed E-state index contributed by atoms with van der Waals surface area (Å²) in [5.74, 6) is 0. The maximum Gasteiger partial charge on any atom is 0.410 e. The summed E-state index contributed by atoms with van der Waals surface area (Å²) in [5, 5.41) is 20.6. The fourth-order valence-electron chi connectivity index (χ4n) is 2.43. The van der Waals surface area contributed by atoms with Crippen LogP contribution in [0.5, 0.6) is 0 Å². The molecule has 0 aromatic carbocycles. The van der Waals surface area contributed by atoms with Gasteiger partial charge in [-0.05, 0) is 33.6 Å². The second-order valence-corrected chi connectivity index (χ2v) is 6.75. The Hall–Kier alpha value is -0.810. The molecule has 1 saturated heterocycles. The Kier molecular flexibility index (Phi) is 5.83. The molecule has 1 fully saturated rings. The van der Waals surface area contributed by atoms with Gasteiger partial charge in [-0.15, -0.1) is 0 Å². The molecule has 1 aliphatic rings. The van der Waals surface area contributed by atoms with Crippen molar-refractivity contribution < 1.29 is 19.7 Å². The van der Waals surface area contributed by atoms with E-state index in [1.165, 1.54) is 4.90 Å². The van der Waals surface area contributed by atoms with Gasteiger partial charge in [0.1, 0.15) is 11.7 Å². The van der Waals surface area contributed by atoms with Crippen molar-refractivity contribution in [1.82, 2.24) is 4.90 Å². The molecule has 0 aromatic rings. The molecular formula is C15H29NO4. The Morgan fingerprint density at radius 3 is 2.55 bits per heavy atom. The van der Waals surface area contributed by atoms with Crippen LogP contribution in [0.4, 0.5) is 4.79 Å². The Balaban J connectivity index is 2.52. The first-order valence-corrected chi connectivity index (χ1v) is 7.56. The van der Waals surface area contributed by atoms with Crippen molar-refractivity contribution in [3.8, 4) is 0 Å². The van der Waals surface area contributed by atoms with Crippen molar-refractivity contribution >= 4 is 6.09 Å². The first-order chi connectivity index (χ1) is 9.18. The number of carbonyl (C=O) groups excluding carboxylic acids is 1. The van der Waals surface area contributed by atoms with Gasteiger partial charge < -0.3 is 19.8 Å². The number of β-amino-alcohol motifs (C(OH)–C–C–N with tert-alkyl or cyclic N) is 1. The van der Waals surface area contributed by atoms with Gasteiger partial charge in [0.05, 0.1) is 12.1 Å². The standard InChI is InChI=1S/C15H29NO4/c1-5-6-7-8-15(19)9-10-16(11-12(15)17)13(18)20-14(2,3)4/h12,17,19H,5-11H2,1-4H3/t12-,15-/m0/s1. The van der Waals surface area contributed by atoms with Gasteiger partial charge in [-0.25, -0.2) is 4.79 Å². The fourth-order valence-corrected chi connectivity index (χ4v) is 2.43. The lowest BCUT2D eigenvalue weighted by atomic mass is 9.84. The minimum atomic E-state index is -1.06. The SMILES string of the molecule is CCCCC[C@]1(O)CCN(C(=O)OC(C)(C)C)C[C@@H]1O. The summed E-state index contributed by atoms with van der Waals surface area (Å²) in [6, 6.07) is 0. The van der Waals surface area contributed by atoms with Gasteiger partial charge in [-0.3, -0.25) is 0 Å². The van der Waals surface area contributed by atoms with Crippen molar-refractivity contribution in [3.05, 3.63) is 0 Å². The van der Waals surface area contributed by atoms with Crippen LogP contribution < -0.4 is 0 Å². The number of aliphatic hydroxyl groups is 2. The van der Waals surface area contributed by atoms with E-state index in [1.807, 2.05) is 20.8 Å². The number of piperidine rings is 1. The number of hydrogen-bond acceptors (Lipinski definition) is 4. The van der Waals surface area contributed by atoms with Gasteiger partial charge in [0.15, 0.2) is 0 Å². The van der Waals surface area contributed by atoms with Crippen molar-refractivity contribution in [1.29, 1.82) is 0 Å². The van der Waals surface area contributed by atoms with E-state index in [1.54, 1.807) is 0 Å². The number of ether oxygens (including phenoxy) is 1. The minimum Gasteiger partial charge on any atom is -0.444 e. The molecule has 20 heavy (non-hydrogen) atoms. The molecule has 1 amide bonds. The average Bonchev–Trinajstić information content (AvgIpc) is 2.31. The molecule has 0 aromatic heterocycles.